The lowest BCUT2D eigenvalue weighted by Crippen LogP contribution is -2.39. The monoisotopic (exact) mass is 257 g/mol. The van der Waals surface area contributed by atoms with Gasteiger partial charge in [-0.25, -0.2) is 0 Å². The van der Waals surface area contributed by atoms with Gasteiger partial charge in [-0.3, -0.25) is 0 Å². The molecule has 0 aromatic carbocycles. The van der Waals surface area contributed by atoms with E-state index in [0.29, 0.717) is 24.6 Å². The van der Waals surface area contributed by atoms with Crippen molar-refractivity contribution in [2.45, 2.75) is 37.5 Å². The van der Waals surface area contributed by atoms with Crippen LogP contribution < -0.4 is 5.32 Å². The van der Waals surface area contributed by atoms with Crippen LogP contribution in [0, 0.1) is 0 Å². The summed E-state index contributed by atoms with van der Waals surface area (Å²) in [5.74, 6) is 2.92. The fourth-order valence-electron chi connectivity index (χ4n) is 1.86. The van der Waals surface area contributed by atoms with E-state index < -0.39 is 5.60 Å². The molecule has 5 nitrogen and oxygen atoms in total. The van der Waals surface area contributed by atoms with Gasteiger partial charge in [0, 0.05) is 0 Å². The van der Waals surface area contributed by atoms with Crippen LogP contribution in [-0.4, -0.2) is 34.1 Å². The van der Waals surface area contributed by atoms with Crippen LogP contribution in [0.25, 0.3) is 0 Å². The molecule has 2 N–H and O–H groups in total. The molecule has 6 heteroatoms. The molecule has 0 spiro atoms. The number of nitrogens with zero attached hydrogens (tertiary/aromatic N) is 2. The summed E-state index contributed by atoms with van der Waals surface area (Å²) in [5.41, 5.74) is -0.925. The van der Waals surface area contributed by atoms with Crippen LogP contribution in [0.5, 0.6) is 0 Å². The number of piperidine rings is 1. The maximum atomic E-state index is 10.4. The Kier molecular flexibility index (Phi) is 4.42. The van der Waals surface area contributed by atoms with Gasteiger partial charge in [-0.15, -0.1) is 0 Å². The van der Waals surface area contributed by atoms with Crippen LogP contribution in [0.15, 0.2) is 4.52 Å². The number of aromatic nitrogens is 2. The molecule has 2 heterocycles. The minimum Gasteiger partial charge on any atom is -0.380 e. The third kappa shape index (κ3) is 3.20. The molecule has 0 radical (unpaired) electrons. The molecule has 0 amide bonds. The van der Waals surface area contributed by atoms with Gasteiger partial charge in [0.15, 0.2) is 5.82 Å². The summed E-state index contributed by atoms with van der Waals surface area (Å²) in [6, 6.07) is 0. The van der Waals surface area contributed by atoms with Crippen molar-refractivity contribution in [3.05, 3.63) is 11.7 Å². The first-order chi connectivity index (χ1) is 8.24. The van der Waals surface area contributed by atoms with Crippen molar-refractivity contribution in [2.75, 3.05) is 18.8 Å². The summed E-state index contributed by atoms with van der Waals surface area (Å²) in [4.78, 5) is 4.30. The standard InChI is InChI=1S/C11H19N3O2S/c1-2-7-17-8-9-13-10(16-14-9)11(15)3-5-12-6-4-11/h12,15H,2-8H2,1H3. The second-order valence-corrected chi connectivity index (χ2v) is 5.46. The van der Waals surface area contributed by atoms with E-state index in [1.807, 2.05) is 0 Å². The van der Waals surface area contributed by atoms with Crippen molar-refractivity contribution in [1.29, 1.82) is 0 Å². The third-order valence-electron chi connectivity index (χ3n) is 2.88. The number of rotatable bonds is 5. The second-order valence-electron chi connectivity index (χ2n) is 4.35. The molecule has 1 aliphatic heterocycles. The molecule has 2 rings (SSSR count). The fraction of sp³-hybridized carbons (Fsp3) is 0.818. The van der Waals surface area contributed by atoms with Gasteiger partial charge in [0.05, 0.1) is 5.75 Å². The van der Waals surface area contributed by atoms with Crippen molar-refractivity contribution >= 4 is 11.8 Å². The van der Waals surface area contributed by atoms with Crippen molar-refractivity contribution < 1.29 is 9.63 Å². The highest BCUT2D eigenvalue weighted by atomic mass is 32.2. The Balaban J connectivity index is 1.96. The molecule has 1 aromatic heterocycles. The topological polar surface area (TPSA) is 71.2 Å². The van der Waals surface area contributed by atoms with Crippen LogP contribution in [-0.2, 0) is 11.4 Å². The first kappa shape index (κ1) is 12.9. The Hall–Kier alpha value is -0.590. The maximum Gasteiger partial charge on any atom is 0.258 e. The van der Waals surface area contributed by atoms with E-state index in [9.17, 15) is 5.11 Å². The predicted octanol–water partition coefficient (Wildman–Crippen LogP) is 1.28. The molecule has 1 saturated heterocycles. The van der Waals surface area contributed by atoms with Crippen LogP contribution in [0.1, 0.15) is 37.9 Å². The lowest BCUT2D eigenvalue weighted by atomic mass is 9.92. The maximum absolute atomic E-state index is 10.4. The highest BCUT2D eigenvalue weighted by Gasteiger charge is 2.36. The molecule has 96 valence electrons. The molecule has 0 saturated carbocycles. The lowest BCUT2D eigenvalue weighted by Gasteiger charge is -2.28. The van der Waals surface area contributed by atoms with E-state index in [0.717, 1.165) is 31.0 Å². The lowest BCUT2D eigenvalue weighted by molar-refractivity contribution is -0.0228. The largest absolute Gasteiger partial charge is 0.380 e. The molecular formula is C11H19N3O2S. The van der Waals surface area contributed by atoms with Crippen LogP contribution in [0.2, 0.25) is 0 Å². The van der Waals surface area contributed by atoms with Crippen molar-refractivity contribution in [3.8, 4) is 0 Å². The number of hydrogen-bond acceptors (Lipinski definition) is 6. The van der Waals surface area contributed by atoms with Gasteiger partial charge in [-0.2, -0.15) is 16.7 Å². The van der Waals surface area contributed by atoms with Gasteiger partial charge < -0.3 is 14.9 Å². The normalized spacial score (nSPS) is 19.4. The molecule has 0 aliphatic carbocycles. The Morgan fingerprint density at radius 2 is 2.24 bits per heavy atom. The fourth-order valence-corrected chi connectivity index (χ4v) is 2.60. The van der Waals surface area contributed by atoms with Crippen LogP contribution in [0.3, 0.4) is 0 Å². The zero-order valence-corrected chi connectivity index (χ0v) is 10.9. The van der Waals surface area contributed by atoms with E-state index in [-0.39, 0.29) is 0 Å². The quantitative estimate of drug-likeness (QED) is 0.774. The first-order valence-corrected chi connectivity index (χ1v) is 7.24. The second kappa shape index (κ2) is 5.84. The van der Waals surface area contributed by atoms with Gasteiger partial charge in [0.25, 0.3) is 5.89 Å². The Morgan fingerprint density at radius 1 is 1.47 bits per heavy atom. The average Bonchev–Trinajstić information content (AvgIpc) is 2.80. The number of aliphatic hydroxyl groups is 1. The van der Waals surface area contributed by atoms with Gasteiger partial charge in [-0.1, -0.05) is 12.1 Å². The third-order valence-corrected chi connectivity index (χ3v) is 4.04. The molecule has 0 unspecified atom stereocenters. The summed E-state index contributed by atoms with van der Waals surface area (Å²) in [5, 5.41) is 17.5. The highest BCUT2D eigenvalue weighted by molar-refractivity contribution is 7.98. The molecule has 0 bridgehead atoms. The minimum atomic E-state index is -0.925. The van der Waals surface area contributed by atoms with Gasteiger partial charge in [0.1, 0.15) is 5.60 Å². The first-order valence-electron chi connectivity index (χ1n) is 6.08. The zero-order chi connectivity index (χ0) is 12.1. The average molecular weight is 257 g/mol. The molecule has 1 fully saturated rings. The summed E-state index contributed by atoms with van der Waals surface area (Å²) in [6.07, 6.45) is 2.42. The number of hydrogen-bond donors (Lipinski definition) is 2. The van der Waals surface area contributed by atoms with Crippen molar-refractivity contribution in [2.24, 2.45) is 0 Å². The Morgan fingerprint density at radius 3 is 2.94 bits per heavy atom. The molecule has 1 aromatic rings. The highest BCUT2D eigenvalue weighted by Crippen LogP contribution is 2.29. The van der Waals surface area contributed by atoms with E-state index in [1.54, 1.807) is 11.8 Å². The van der Waals surface area contributed by atoms with E-state index in [2.05, 4.69) is 22.4 Å². The van der Waals surface area contributed by atoms with E-state index in [1.165, 1.54) is 0 Å². The smallest absolute Gasteiger partial charge is 0.258 e. The number of nitrogens with one attached hydrogen (secondary N) is 1. The summed E-state index contributed by atoms with van der Waals surface area (Å²) < 4.78 is 5.19. The van der Waals surface area contributed by atoms with Crippen molar-refractivity contribution in [3.63, 3.8) is 0 Å². The van der Waals surface area contributed by atoms with E-state index >= 15 is 0 Å². The van der Waals surface area contributed by atoms with E-state index in [4.69, 9.17) is 4.52 Å². The molecule has 1 aliphatic rings. The Labute approximate surface area is 105 Å². The summed E-state index contributed by atoms with van der Waals surface area (Å²) in [6.45, 7) is 3.73. The van der Waals surface area contributed by atoms with Crippen molar-refractivity contribution in [1.82, 2.24) is 15.5 Å². The van der Waals surface area contributed by atoms with Crippen LogP contribution >= 0.6 is 11.8 Å². The SMILES string of the molecule is CCCSCc1noc(C2(O)CCNCC2)n1. The molecule has 17 heavy (non-hydrogen) atoms. The number of thioether (sulfide) groups is 1. The molecule has 0 atom stereocenters. The summed E-state index contributed by atoms with van der Waals surface area (Å²) >= 11 is 1.79. The Bertz CT molecular complexity index is 350. The van der Waals surface area contributed by atoms with Gasteiger partial charge in [0.2, 0.25) is 0 Å². The summed E-state index contributed by atoms with van der Waals surface area (Å²) in [7, 11) is 0. The van der Waals surface area contributed by atoms with Gasteiger partial charge >= 0.3 is 0 Å². The molecular weight excluding hydrogens is 238 g/mol. The van der Waals surface area contributed by atoms with Gasteiger partial charge in [-0.05, 0) is 38.1 Å². The minimum absolute atomic E-state index is 0.381. The zero-order valence-electron chi connectivity index (χ0n) is 10.1. The van der Waals surface area contributed by atoms with Crippen LogP contribution in [0.4, 0.5) is 0 Å². The predicted molar refractivity (Wildman–Crippen MR) is 66.8 cm³/mol.